The lowest BCUT2D eigenvalue weighted by Gasteiger charge is -2.12. The van der Waals surface area contributed by atoms with E-state index in [1.54, 1.807) is 36.0 Å². The molecule has 0 atom stereocenters. The Hall–Kier alpha value is -3.83. The number of methoxy groups -OCH3 is 3. The fourth-order valence-corrected chi connectivity index (χ4v) is 4.16. The standard InChI is InChI=1S/C24H23ClN4O6S/c1-5-10-29-21(17-12-15(25)7-9-19(17)33-2)27-28-24(29)36-13-20(30)26-18-11-14(22(31)34-3)6-8-16(18)23(32)35-4/h5-9,11-12H,1,10,13H2,2-4H3,(H,26,30). The van der Waals surface area contributed by atoms with Gasteiger partial charge in [0.15, 0.2) is 11.0 Å². The number of benzene rings is 2. The first-order chi connectivity index (χ1) is 17.3. The summed E-state index contributed by atoms with van der Waals surface area (Å²) in [6.45, 7) is 4.15. The first-order valence-electron chi connectivity index (χ1n) is 10.4. The van der Waals surface area contributed by atoms with Crippen LogP contribution in [0.3, 0.4) is 0 Å². The van der Waals surface area contributed by atoms with Crippen LogP contribution in [0.5, 0.6) is 5.75 Å². The molecule has 1 heterocycles. The van der Waals surface area contributed by atoms with E-state index in [2.05, 4.69) is 22.1 Å². The molecule has 3 aromatic rings. The van der Waals surface area contributed by atoms with Gasteiger partial charge in [-0.1, -0.05) is 29.4 Å². The summed E-state index contributed by atoms with van der Waals surface area (Å²) < 4.78 is 16.7. The number of anilines is 1. The third-order valence-electron chi connectivity index (χ3n) is 4.88. The predicted octanol–water partition coefficient (Wildman–Crippen LogP) is 4.10. The van der Waals surface area contributed by atoms with E-state index >= 15 is 0 Å². The molecule has 0 saturated carbocycles. The average molecular weight is 531 g/mol. The van der Waals surface area contributed by atoms with Crippen molar-refractivity contribution in [2.75, 3.05) is 32.4 Å². The number of esters is 2. The molecule has 0 fully saturated rings. The van der Waals surface area contributed by atoms with Gasteiger partial charge in [-0.3, -0.25) is 9.36 Å². The maximum atomic E-state index is 12.8. The second-order valence-corrected chi connectivity index (χ2v) is 8.51. The summed E-state index contributed by atoms with van der Waals surface area (Å²) in [4.78, 5) is 36.8. The maximum absolute atomic E-state index is 12.8. The number of aromatic nitrogens is 3. The summed E-state index contributed by atoms with van der Waals surface area (Å²) in [5, 5.41) is 12.1. The second kappa shape index (κ2) is 12.2. The first kappa shape index (κ1) is 26.8. The van der Waals surface area contributed by atoms with Crippen molar-refractivity contribution in [1.82, 2.24) is 14.8 Å². The number of carbonyl (C=O) groups is 3. The first-order valence-corrected chi connectivity index (χ1v) is 11.8. The Bertz CT molecular complexity index is 1310. The minimum atomic E-state index is -0.666. The van der Waals surface area contributed by atoms with E-state index in [1.165, 1.54) is 32.4 Å². The predicted molar refractivity (Wildman–Crippen MR) is 136 cm³/mol. The summed E-state index contributed by atoms with van der Waals surface area (Å²) in [5.41, 5.74) is 1.01. The minimum absolute atomic E-state index is 0.0645. The van der Waals surface area contributed by atoms with Gasteiger partial charge in [0.05, 0.1) is 49.5 Å². The third-order valence-corrected chi connectivity index (χ3v) is 6.09. The van der Waals surface area contributed by atoms with Crippen molar-refractivity contribution in [3.05, 3.63) is 65.2 Å². The van der Waals surface area contributed by atoms with Gasteiger partial charge in [0.1, 0.15) is 5.75 Å². The Morgan fingerprint density at radius 3 is 2.50 bits per heavy atom. The van der Waals surface area contributed by atoms with E-state index in [0.717, 1.165) is 11.8 Å². The molecule has 0 saturated heterocycles. The lowest BCUT2D eigenvalue weighted by molar-refractivity contribution is -0.113. The number of amides is 1. The van der Waals surface area contributed by atoms with Crippen LogP contribution >= 0.6 is 23.4 Å². The van der Waals surface area contributed by atoms with Crippen LogP contribution in [0.4, 0.5) is 5.69 Å². The quantitative estimate of drug-likeness (QED) is 0.234. The lowest BCUT2D eigenvalue weighted by Crippen LogP contribution is -2.18. The lowest BCUT2D eigenvalue weighted by atomic mass is 10.1. The smallest absolute Gasteiger partial charge is 0.339 e. The molecule has 0 aliphatic rings. The van der Waals surface area contributed by atoms with Crippen molar-refractivity contribution in [1.29, 1.82) is 0 Å². The SMILES string of the molecule is C=CCn1c(SCC(=O)Nc2cc(C(=O)OC)ccc2C(=O)OC)nnc1-c1cc(Cl)ccc1OC. The van der Waals surface area contributed by atoms with Crippen LogP contribution in [0.1, 0.15) is 20.7 Å². The van der Waals surface area contributed by atoms with Crippen LogP contribution < -0.4 is 10.1 Å². The Labute approximate surface area is 216 Å². The highest BCUT2D eigenvalue weighted by molar-refractivity contribution is 7.99. The number of halogens is 1. The average Bonchev–Trinajstić information content (AvgIpc) is 3.28. The summed E-state index contributed by atoms with van der Waals surface area (Å²) in [5.74, 6) is -0.728. The van der Waals surface area contributed by atoms with E-state index in [0.29, 0.717) is 33.9 Å². The fraction of sp³-hybridized carbons (Fsp3) is 0.208. The Balaban J connectivity index is 1.84. The Kier molecular flexibility index (Phi) is 9.09. The van der Waals surface area contributed by atoms with Gasteiger partial charge in [0.2, 0.25) is 5.91 Å². The van der Waals surface area contributed by atoms with Crippen molar-refractivity contribution in [2.45, 2.75) is 11.7 Å². The van der Waals surface area contributed by atoms with E-state index in [9.17, 15) is 14.4 Å². The molecule has 1 N–H and O–H groups in total. The molecule has 0 aliphatic carbocycles. The van der Waals surface area contributed by atoms with Crippen molar-refractivity contribution in [2.24, 2.45) is 0 Å². The molecule has 0 unspecified atom stereocenters. The number of carbonyl (C=O) groups excluding carboxylic acids is 3. The van der Waals surface area contributed by atoms with Crippen LogP contribution in [0, 0.1) is 0 Å². The van der Waals surface area contributed by atoms with Crippen LogP contribution in [-0.2, 0) is 20.8 Å². The van der Waals surface area contributed by atoms with Gasteiger partial charge in [-0.05, 0) is 36.4 Å². The summed E-state index contributed by atoms with van der Waals surface area (Å²) >= 11 is 7.30. The fourth-order valence-electron chi connectivity index (χ4n) is 3.24. The normalized spacial score (nSPS) is 10.4. The molecule has 0 aliphatic heterocycles. The van der Waals surface area contributed by atoms with Crippen molar-refractivity contribution < 1.29 is 28.6 Å². The largest absolute Gasteiger partial charge is 0.496 e. The number of nitrogens with one attached hydrogen (secondary N) is 1. The second-order valence-electron chi connectivity index (χ2n) is 7.13. The number of hydrogen-bond donors (Lipinski definition) is 1. The molecule has 0 radical (unpaired) electrons. The number of ether oxygens (including phenoxy) is 3. The molecule has 10 nitrogen and oxygen atoms in total. The van der Waals surface area contributed by atoms with Crippen LogP contribution in [0.15, 0.2) is 54.2 Å². The maximum Gasteiger partial charge on any atom is 0.339 e. The molecule has 0 bridgehead atoms. The van der Waals surface area contributed by atoms with E-state index in [1.807, 2.05) is 0 Å². The van der Waals surface area contributed by atoms with Crippen LogP contribution in [-0.4, -0.2) is 59.7 Å². The van der Waals surface area contributed by atoms with Gasteiger partial charge in [-0.25, -0.2) is 9.59 Å². The zero-order valence-electron chi connectivity index (χ0n) is 19.7. The number of rotatable bonds is 10. The van der Waals surface area contributed by atoms with Gasteiger partial charge < -0.3 is 19.5 Å². The molecule has 1 aromatic heterocycles. The summed E-state index contributed by atoms with van der Waals surface area (Å²) in [6.07, 6.45) is 1.68. The van der Waals surface area contributed by atoms with Gasteiger partial charge in [0.25, 0.3) is 0 Å². The third kappa shape index (κ3) is 6.04. The van der Waals surface area contributed by atoms with Gasteiger partial charge in [0, 0.05) is 11.6 Å². The molecule has 188 valence electrons. The van der Waals surface area contributed by atoms with Gasteiger partial charge >= 0.3 is 11.9 Å². The molecular weight excluding hydrogens is 508 g/mol. The van der Waals surface area contributed by atoms with Crippen LogP contribution in [0.25, 0.3) is 11.4 Å². The molecule has 1 amide bonds. The van der Waals surface area contributed by atoms with Crippen LogP contribution in [0.2, 0.25) is 5.02 Å². The molecule has 3 rings (SSSR count). The van der Waals surface area contributed by atoms with Crippen molar-refractivity contribution >= 4 is 46.9 Å². The zero-order chi connectivity index (χ0) is 26.2. The van der Waals surface area contributed by atoms with Crippen molar-refractivity contribution in [3.8, 4) is 17.1 Å². The van der Waals surface area contributed by atoms with Crippen molar-refractivity contribution in [3.63, 3.8) is 0 Å². The molecule has 36 heavy (non-hydrogen) atoms. The Morgan fingerprint density at radius 2 is 1.83 bits per heavy atom. The molecular formula is C24H23ClN4O6S. The molecule has 2 aromatic carbocycles. The van der Waals surface area contributed by atoms with Gasteiger partial charge in [-0.15, -0.1) is 16.8 Å². The Morgan fingerprint density at radius 1 is 1.08 bits per heavy atom. The van der Waals surface area contributed by atoms with Gasteiger partial charge in [-0.2, -0.15) is 0 Å². The zero-order valence-corrected chi connectivity index (χ0v) is 21.3. The van der Waals surface area contributed by atoms with E-state index < -0.39 is 17.8 Å². The van der Waals surface area contributed by atoms with E-state index in [4.69, 9.17) is 25.8 Å². The number of thioether (sulfide) groups is 1. The van der Waals surface area contributed by atoms with E-state index in [-0.39, 0.29) is 22.6 Å². The summed E-state index contributed by atoms with van der Waals surface area (Å²) in [7, 11) is 3.99. The number of nitrogens with zero attached hydrogens (tertiary/aromatic N) is 3. The molecule has 12 heteroatoms. The summed E-state index contributed by atoms with van der Waals surface area (Å²) in [6, 6.07) is 9.29. The minimum Gasteiger partial charge on any atom is -0.496 e. The topological polar surface area (TPSA) is 122 Å². The highest BCUT2D eigenvalue weighted by Crippen LogP contribution is 2.33. The monoisotopic (exact) mass is 530 g/mol. The highest BCUT2D eigenvalue weighted by Gasteiger charge is 2.20. The highest BCUT2D eigenvalue weighted by atomic mass is 35.5. The molecule has 0 spiro atoms. The number of allylic oxidation sites excluding steroid dienone is 1. The number of hydrogen-bond acceptors (Lipinski definition) is 9.